The van der Waals surface area contributed by atoms with Crippen molar-refractivity contribution in [3.8, 4) is 0 Å². The Morgan fingerprint density at radius 3 is 2.46 bits per heavy atom. The van der Waals surface area contributed by atoms with Crippen LogP contribution in [0, 0.1) is 0 Å². The number of amides is 3. The number of nitrogens with one attached hydrogen (secondary N) is 2. The SMILES string of the molecule is O=C(NCC(COCCN1CCS(O)(O)CC1)NC(=O)c1ccc(Cl)s1)c1ccc(N2CCCCC2=O)cc1. The number of anilines is 1. The molecule has 0 spiro atoms. The van der Waals surface area contributed by atoms with Crippen molar-refractivity contribution in [1.82, 2.24) is 15.5 Å². The van der Waals surface area contributed by atoms with Crippen LogP contribution in [0.4, 0.5) is 5.69 Å². The van der Waals surface area contributed by atoms with Crippen LogP contribution < -0.4 is 15.5 Å². The highest BCUT2D eigenvalue weighted by atomic mass is 35.5. The summed E-state index contributed by atoms with van der Waals surface area (Å²) in [6, 6.07) is 9.76. The number of nitrogens with zero attached hydrogens (tertiary/aromatic N) is 2. The summed E-state index contributed by atoms with van der Waals surface area (Å²) in [5.41, 5.74) is 1.23. The van der Waals surface area contributed by atoms with E-state index in [1.165, 1.54) is 11.3 Å². The molecule has 2 saturated heterocycles. The molecule has 3 heterocycles. The summed E-state index contributed by atoms with van der Waals surface area (Å²) in [6.45, 7) is 3.27. The van der Waals surface area contributed by atoms with Gasteiger partial charge in [-0.25, -0.2) is 0 Å². The van der Waals surface area contributed by atoms with Crippen molar-refractivity contribution in [2.24, 2.45) is 0 Å². The van der Waals surface area contributed by atoms with Crippen LogP contribution in [0.2, 0.25) is 4.34 Å². The number of hydrogen-bond acceptors (Lipinski definition) is 8. The van der Waals surface area contributed by atoms with Gasteiger partial charge in [0, 0.05) is 50.4 Å². The van der Waals surface area contributed by atoms with Crippen LogP contribution in [0.5, 0.6) is 0 Å². The van der Waals surface area contributed by atoms with Crippen LogP contribution >= 0.6 is 33.5 Å². The minimum atomic E-state index is -2.44. The Morgan fingerprint density at radius 1 is 1.05 bits per heavy atom. The number of rotatable bonds is 11. The van der Waals surface area contributed by atoms with E-state index in [4.69, 9.17) is 16.3 Å². The highest BCUT2D eigenvalue weighted by Gasteiger charge is 2.23. The number of hydrogen-bond donors (Lipinski definition) is 4. The monoisotopic (exact) mass is 598 g/mol. The van der Waals surface area contributed by atoms with Gasteiger partial charge in [0.25, 0.3) is 11.8 Å². The molecule has 2 aromatic rings. The van der Waals surface area contributed by atoms with Crippen molar-refractivity contribution in [2.75, 3.05) is 62.3 Å². The van der Waals surface area contributed by atoms with E-state index in [-0.39, 0.29) is 30.9 Å². The Morgan fingerprint density at radius 2 is 1.79 bits per heavy atom. The predicted molar refractivity (Wildman–Crippen MR) is 155 cm³/mol. The molecular formula is C26H35ClN4O6S2. The quantitative estimate of drug-likeness (QED) is 0.291. The van der Waals surface area contributed by atoms with Gasteiger partial charge < -0.3 is 20.3 Å². The molecule has 4 N–H and O–H groups in total. The lowest BCUT2D eigenvalue weighted by Crippen LogP contribution is -2.46. The summed E-state index contributed by atoms with van der Waals surface area (Å²) in [5.74, 6) is 0.247. The number of carbonyl (C=O) groups excluding carboxylic acids is 3. The Balaban J connectivity index is 1.29. The van der Waals surface area contributed by atoms with Crippen LogP contribution in [-0.4, -0.2) is 95.2 Å². The van der Waals surface area contributed by atoms with Crippen LogP contribution in [0.25, 0.3) is 0 Å². The molecule has 214 valence electrons. The van der Waals surface area contributed by atoms with Gasteiger partial charge in [-0.15, -0.1) is 11.3 Å². The summed E-state index contributed by atoms with van der Waals surface area (Å²) in [5, 5.41) is 5.78. The first-order valence-corrected chi connectivity index (χ1v) is 16.1. The molecule has 10 nitrogen and oxygen atoms in total. The van der Waals surface area contributed by atoms with Gasteiger partial charge in [-0.05, 0) is 49.2 Å². The van der Waals surface area contributed by atoms with E-state index >= 15 is 0 Å². The van der Waals surface area contributed by atoms with E-state index in [0.717, 1.165) is 18.5 Å². The topological polar surface area (TPSA) is 131 Å². The standard InChI is InChI=1S/C26H35ClN4O6S2/c27-23-9-8-22(38-23)26(34)29-20(18-37-14-11-30-12-15-39(35,36)16-13-30)17-28-25(33)19-4-6-21(7-5-19)31-10-2-1-3-24(31)32/h4-9,20,35-36H,1-3,10-18H2,(H,28,33)(H,29,34). The molecule has 0 radical (unpaired) electrons. The maximum Gasteiger partial charge on any atom is 0.261 e. The van der Waals surface area contributed by atoms with Crippen molar-refractivity contribution in [3.05, 3.63) is 51.2 Å². The summed E-state index contributed by atoms with van der Waals surface area (Å²) in [4.78, 5) is 42.1. The van der Waals surface area contributed by atoms with E-state index < -0.39 is 16.6 Å². The van der Waals surface area contributed by atoms with Crippen molar-refractivity contribution in [1.29, 1.82) is 0 Å². The van der Waals surface area contributed by atoms with Gasteiger partial charge in [0.15, 0.2) is 0 Å². The van der Waals surface area contributed by atoms with E-state index in [1.807, 2.05) is 0 Å². The lowest BCUT2D eigenvalue weighted by molar-refractivity contribution is -0.119. The summed E-state index contributed by atoms with van der Waals surface area (Å²) in [7, 11) is -2.44. The number of benzene rings is 1. The minimum absolute atomic E-state index is 0.0976. The lowest BCUT2D eigenvalue weighted by Gasteiger charge is -2.40. The predicted octanol–water partition coefficient (Wildman–Crippen LogP) is 3.53. The van der Waals surface area contributed by atoms with Crippen LogP contribution in [0.1, 0.15) is 39.3 Å². The fourth-order valence-corrected chi connectivity index (χ4v) is 6.69. The molecule has 13 heteroatoms. The van der Waals surface area contributed by atoms with E-state index in [1.54, 1.807) is 41.3 Å². The molecule has 2 aliphatic rings. The fraction of sp³-hybridized carbons (Fsp3) is 0.500. The average molecular weight is 599 g/mol. The van der Waals surface area contributed by atoms with Crippen molar-refractivity contribution >= 4 is 56.9 Å². The molecule has 4 rings (SSSR count). The number of thiophene rings is 1. The van der Waals surface area contributed by atoms with Crippen LogP contribution in [0.15, 0.2) is 36.4 Å². The molecule has 1 aromatic carbocycles. The first-order chi connectivity index (χ1) is 18.7. The smallest absolute Gasteiger partial charge is 0.261 e. The van der Waals surface area contributed by atoms with Gasteiger partial charge in [-0.2, -0.15) is 10.6 Å². The first-order valence-electron chi connectivity index (χ1n) is 13.0. The number of piperidine rings is 1. The second-order valence-electron chi connectivity index (χ2n) is 9.66. The van der Waals surface area contributed by atoms with Gasteiger partial charge >= 0.3 is 0 Å². The highest BCUT2D eigenvalue weighted by Crippen LogP contribution is 2.40. The zero-order valence-electron chi connectivity index (χ0n) is 21.6. The third-order valence-corrected chi connectivity index (χ3v) is 9.65. The Hall–Kier alpha value is -2.19. The molecular weight excluding hydrogens is 564 g/mol. The molecule has 0 bridgehead atoms. The summed E-state index contributed by atoms with van der Waals surface area (Å²) < 4.78 is 25.9. The Labute approximate surface area is 239 Å². The summed E-state index contributed by atoms with van der Waals surface area (Å²) >= 11 is 7.15. The maximum atomic E-state index is 12.8. The molecule has 1 aromatic heterocycles. The highest BCUT2D eigenvalue weighted by molar-refractivity contribution is 8.24. The zero-order chi connectivity index (χ0) is 27.8. The Kier molecular flexibility index (Phi) is 10.6. The van der Waals surface area contributed by atoms with Gasteiger partial charge in [0.1, 0.15) is 0 Å². The normalized spacial score (nSPS) is 19.4. The second kappa shape index (κ2) is 13.9. The average Bonchev–Trinajstić information content (AvgIpc) is 3.37. The first kappa shape index (κ1) is 29.8. The molecule has 2 fully saturated rings. The third-order valence-electron chi connectivity index (χ3n) is 6.75. The lowest BCUT2D eigenvalue weighted by atomic mass is 10.1. The molecule has 1 atom stereocenters. The van der Waals surface area contributed by atoms with Crippen LogP contribution in [0.3, 0.4) is 0 Å². The molecule has 1 unspecified atom stereocenters. The number of halogens is 1. The molecule has 3 amide bonds. The zero-order valence-corrected chi connectivity index (χ0v) is 24.0. The van der Waals surface area contributed by atoms with Crippen molar-refractivity contribution in [3.63, 3.8) is 0 Å². The van der Waals surface area contributed by atoms with Crippen molar-refractivity contribution in [2.45, 2.75) is 25.3 Å². The van der Waals surface area contributed by atoms with E-state index in [2.05, 4.69) is 15.5 Å². The van der Waals surface area contributed by atoms with Gasteiger partial charge in [0.2, 0.25) is 5.91 Å². The largest absolute Gasteiger partial charge is 0.378 e. The van der Waals surface area contributed by atoms with Gasteiger partial charge in [-0.3, -0.25) is 28.4 Å². The third kappa shape index (κ3) is 8.90. The van der Waals surface area contributed by atoms with Crippen LogP contribution in [-0.2, 0) is 9.53 Å². The van der Waals surface area contributed by atoms with E-state index in [0.29, 0.717) is 65.5 Å². The second-order valence-corrected chi connectivity index (χ2v) is 13.8. The van der Waals surface area contributed by atoms with Gasteiger partial charge in [0.05, 0.1) is 40.0 Å². The molecule has 0 aliphatic carbocycles. The Bertz CT molecular complexity index is 1140. The number of carbonyl (C=O) groups is 3. The molecule has 39 heavy (non-hydrogen) atoms. The maximum absolute atomic E-state index is 12.8. The molecule has 2 aliphatic heterocycles. The minimum Gasteiger partial charge on any atom is -0.378 e. The van der Waals surface area contributed by atoms with Gasteiger partial charge in [-0.1, -0.05) is 11.6 Å². The van der Waals surface area contributed by atoms with E-state index in [9.17, 15) is 23.5 Å². The fourth-order valence-electron chi connectivity index (χ4n) is 4.44. The molecule has 0 saturated carbocycles. The number of ether oxygens (including phenoxy) is 1. The van der Waals surface area contributed by atoms with Crippen molar-refractivity contribution < 1.29 is 28.2 Å². The summed E-state index contributed by atoms with van der Waals surface area (Å²) in [6.07, 6.45) is 2.41.